The first-order chi connectivity index (χ1) is 7.73. The minimum absolute atomic E-state index is 0.192. The molecule has 0 spiro atoms. The lowest BCUT2D eigenvalue weighted by Crippen LogP contribution is -2.55. The molecule has 5 fully saturated rings. The highest BCUT2D eigenvalue weighted by atomic mass is 32.2. The van der Waals surface area contributed by atoms with Gasteiger partial charge in [-0.3, -0.25) is 0 Å². The van der Waals surface area contributed by atoms with Crippen LogP contribution in [0.4, 0.5) is 0 Å². The Labute approximate surface area is 100 Å². The zero-order chi connectivity index (χ0) is 10.8. The second kappa shape index (κ2) is 3.32. The van der Waals surface area contributed by atoms with Crippen molar-refractivity contribution in [3.05, 3.63) is 0 Å². The van der Waals surface area contributed by atoms with Crippen molar-refractivity contribution >= 4 is 11.0 Å². The molecule has 0 amide bonds. The summed E-state index contributed by atoms with van der Waals surface area (Å²) in [6.07, 6.45) is 10.6. The third-order valence-electron chi connectivity index (χ3n) is 5.23. The predicted octanol–water partition coefficient (Wildman–Crippen LogP) is 2.37. The SMILES string of the molecule is O=[S@@](NC1CC1)C12CC3CC(CC(C3)C1)C2. The van der Waals surface area contributed by atoms with Crippen LogP contribution in [0.1, 0.15) is 51.4 Å². The van der Waals surface area contributed by atoms with E-state index < -0.39 is 11.0 Å². The van der Waals surface area contributed by atoms with Crippen molar-refractivity contribution in [3.8, 4) is 0 Å². The molecule has 0 aromatic rings. The van der Waals surface area contributed by atoms with Crippen LogP contribution in [-0.4, -0.2) is 15.0 Å². The summed E-state index contributed by atoms with van der Waals surface area (Å²) in [5.74, 6) is 2.74. The third kappa shape index (κ3) is 1.51. The topological polar surface area (TPSA) is 29.1 Å². The Morgan fingerprint density at radius 3 is 1.88 bits per heavy atom. The van der Waals surface area contributed by atoms with E-state index in [9.17, 15) is 4.21 Å². The molecule has 0 aliphatic heterocycles. The Morgan fingerprint density at radius 2 is 1.44 bits per heavy atom. The number of hydrogen-bond donors (Lipinski definition) is 1. The molecule has 3 heteroatoms. The van der Waals surface area contributed by atoms with Gasteiger partial charge in [0.15, 0.2) is 0 Å². The van der Waals surface area contributed by atoms with Crippen LogP contribution in [-0.2, 0) is 11.0 Å². The van der Waals surface area contributed by atoms with Crippen LogP contribution >= 0.6 is 0 Å². The first-order valence-electron chi connectivity index (χ1n) is 6.91. The Bertz CT molecular complexity index is 302. The summed E-state index contributed by atoms with van der Waals surface area (Å²) in [7, 11) is -0.742. The lowest BCUT2D eigenvalue weighted by molar-refractivity contribution is 0.0356. The van der Waals surface area contributed by atoms with Gasteiger partial charge >= 0.3 is 0 Å². The maximum absolute atomic E-state index is 12.5. The highest BCUT2D eigenvalue weighted by Crippen LogP contribution is 2.57. The molecule has 1 N–H and O–H groups in total. The van der Waals surface area contributed by atoms with E-state index in [0.717, 1.165) is 17.8 Å². The van der Waals surface area contributed by atoms with Crippen LogP contribution in [0.3, 0.4) is 0 Å². The first kappa shape index (κ1) is 10.1. The van der Waals surface area contributed by atoms with E-state index in [1.165, 1.54) is 51.4 Å². The third-order valence-corrected chi connectivity index (χ3v) is 7.06. The minimum Gasteiger partial charge on any atom is -0.242 e. The summed E-state index contributed by atoms with van der Waals surface area (Å²) in [4.78, 5) is 0. The average Bonchev–Trinajstić information content (AvgIpc) is 2.99. The Morgan fingerprint density at radius 1 is 0.938 bits per heavy atom. The lowest BCUT2D eigenvalue weighted by Gasteiger charge is -2.55. The first-order valence-corrected chi connectivity index (χ1v) is 8.06. The molecular formula is C13H21NOS. The number of hydrogen-bond acceptors (Lipinski definition) is 1. The molecule has 4 bridgehead atoms. The molecule has 0 aromatic heterocycles. The van der Waals surface area contributed by atoms with Crippen molar-refractivity contribution in [3.63, 3.8) is 0 Å². The molecule has 0 heterocycles. The monoisotopic (exact) mass is 239 g/mol. The second-order valence-corrected chi connectivity index (χ2v) is 8.40. The number of nitrogens with one attached hydrogen (secondary N) is 1. The zero-order valence-electron chi connectivity index (χ0n) is 9.78. The molecule has 16 heavy (non-hydrogen) atoms. The molecule has 2 nitrogen and oxygen atoms in total. The van der Waals surface area contributed by atoms with Crippen LogP contribution < -0.4 is 4.72 Å². The fraction of sp³-hybridized carbons (Fsp3) is 1.00. The molecule has 90 valence electrons. The van der Waals surface area contributed by atoms with Gasteiger partial charge < -0.3 is 0 Å². The zero-order valence-corrected chi connectivity index (χ0v) is 10.6. The Balaban J connectivity index is 1.58. The molecule has 0 aromatic carbocycles. The van der Waals surface area contributed by atoms with Crippen molar-refractivity contribution in [2.75, 3.05) is 0 Å². The summed E-state index contributed by atoms with van der Waals surface area (Å²) in [6.45, 7) is 0. The van der Waals surface area contributed by atoms with E-state index in [1.54, 1.807) is 0 Å². The highest BCUT2D eigenvalue weighted by molar-refractivity contribution is 7.84. The van der Waals surface area contributed by atoms with Gasteiger partial charge in [-0.25, -0.2) is 8.93 Å². The second-order valence-electron chi connectivity index (χ2n) is 6.76. The molecule has 1 atom stereocenters. The molecule has 5 saturated carbocycles. The van der Waals surface area contributed by atoms with Gasteiger partial charge in [0.1, 0.15) is 0 Å². The van der Waals surface area contributed by atoms with Crippen LogP contribution in [0.25, 0.3) is 0 Å². The fourth-order valence-corrected chi connectivity index (χ4v) is 6.69. The maximum Gasteiger partial charge on any atom is 0.0981 e. The van der Waals surface area contributed by atoms with E-state index in [1.807, 2.05) is 0 Å². The van der Waals surface area contributed by atoms with Crippen molar-refractivity contribution < 1.29 is 4.21 Å². The Kier molecular flexibility index (Phi) is 2.09. The summed E-state index contributed by atoms with van der Waals surface area (Å²) in [6, 6.07) is 0.592. The molecule has 5 rings (SSSR count). The van der Waals surface area contributed by atoms with Crippen molar-refractivity contribution in [2.24, 2.45) is 17.8 Å². The maximum atomic E-state index is 12.5. The molecule has 5 aliphatic rings. The van der Waals surface area contributed by atoms with Crippen LogP contribution in [0.15, 0.2) is 0 Å². The summed E-state index contributed by atoms with van der Waals surface area (Å²) in [5, 5.41) is 0. The smallest absolute Gasteiger partial charge is 0.0981 e. The van der Waals surface area contributed by atoms with Gasteiger partial charge in [-0.2, -0.15) is 0 Å². The van der Waals surface area contributed by atoms with Crippen molar-refractivity contribution in [2.45, 2.75) is 62.2 Å². The van der Waals surface area contributed by atoms with E-state index in [4.69, 9.17) is 0 Å². The Hall–Kier alpha value is 0.110. The van der Waals surface area contributed by atoms with Gasteiger partial charge in [-0.1, -0.05) is 0 Å². The van der Waals surface area contributed by atoms with Gasteiger partial charge in [-0.15, -0.1) is 0 Å². The predicted molar refractivity (Wildman–Crippen MR) is 65.2 cm³/mol. The van der Waals surface area contributed by atoms with E-state index in [-0.39, 0.29) is 4.75 Å². The van der Waals surface area contributed by atoms with Gasteiger partial charge in [0.05, 0.1) is 15.7 Å². The molecule has 5 aliphatic carbocycles. The fourth-order valence-electron chi connectivity index (χ4n) is 4.74. The summed E-state index contributed by atoms with van der Waals surface area (Å²) < 4.78 is 16.1. The largest absolute Gasteiger partial charge is 0.242 e. The summed E-state index contributed by atoms with van der Waals surface area (Å²) in [5.41, 5.74) is 0. The quantitative estimate of drug-likeness (QED) is 0.805. The highest BCUT2D eigenvalue weighted by Gasteiger charge is 2.54. The van der Waals surface area contributed by atoms with Gasteiger partial charge in [0.2, 0.25) is 0 Å². The number of rotatable bonds is 3. The van der Waals surface area contributed by atoms with Crippen LogP contribution in [0, 0.1) is 17.8 Å². The van der Waals surface area contributed by atoms with E-state index in [0.29, 0.717) is 6.04 Å². The lowest BCUT2D eigenvalue weighted by atomic mass is 9.56. The molecule has 0 radical (unpaired) electrons. The van der Waals surface area contributed by atoms with E-state index in [2.05, 4.69) is 4.72 Å². The average molecular weight is 239 g/mol. The van der Waals surface area contributed by atoms with Crippen LogP contribution in [0.5, 0.6) is 0 Å². The van der Waals surface area contributed by atoms with Gasteiger partial charge in [-0.05, 0) is 69.1 Å². The van der Waals surface area contributed by atoms with Crippen molar-refractivity contribution in [1.82, 2.24) is 4.72 Å². The van der Waals surface area contributed by atoms with Gasteiger partial charge in [0.25, 0.3) is 0 Å². The minimum atomic E-state index is -0.742. The van der Waals surface area contributed by atoms with Crippen LogP contribution in [0.2, 0.25) is 0 Å². The molecular weight excluding hydrogens is 218 g/mol. The van der Waals surface area contributed by atoms with E-state index >= 15 is 0 Å². The molecule has 0 unspecified atom stereocenters. The van der Waals surface area contributed by atoms with Gasteiger partial charge in [0, 0.05) is 6.04 Å². The molecule has 0 saturated heterocycles. The summed E-state index contributed by atoms with van der Waals surface area (Å²) >= 11 is 0. The normalized spacial score (nSPS) is 51.9. The van der Waals surface area contributed by atoms with Crippen molar-refractivity contribution in [1.29, 1.82) is 0 Å². The standard InChI is InChI=1S/C13H21NOS/c15-16(14-12-1-2-12)13-6-9-3-10(7-13)5-11(4-9)8-13/h9-12,14H,1-8H2/t9?,10?,11?,13?,16-/m1/s1.